The van der Waals surface area contributed by atoms with E-state index in [9.17, 15) is 4.79 Å². The Hall–Kier alpha value is -1.79. The molecule has 1 amide bonds. The summed E-state index contributed by atoms with van der Waals surface area (Å²) in [4.78, 5) is 21.1. The molecule has 2 heterocycles. The summed E-state index contributed by atoms with van der Waals surface area (Å²) >= 11 is 3.17. The molecule has 112 valence electrons. The number of hydrogen-bond donors (Lipinski definition) is 1. The lowest BCUT2D eigenvalue weighted by atomic mass is 10.3. The first kappa shape index (κ1) is 13.8. The van der Waals surface area contributed by atoms with Crippen LogP contribution in [0.3, 0.4) is 0 Å². The molecule has 1 aliphatic carbocycles. The number of thiazole rings is 2. The van der Waals surface area contributed by atoms with Crippen molar-refractivity contribution in [3.05, 3.63) is 40.3 Å². The molecule has 1 saturated carbocycles. The molecule has 0 aliphatic heterocycles. The first-order valence-electron chi connectivity index (χ1n) is 7.37. The maximum atomic E-state index is 12.0. The fourth-order valence-electron chi connectivity index (χ4n) is 2.34. The highest BCUT2D eigenvalue weighted by atomic mass is 32.1. The third-order valence-electron chi connectivity index (χ3n) is 3.67. The summed E-state index contributed by atoms with van der Waals surface area (Å²) in [6.45, 7) is 0. The second kappa shape index (κ2) is 5.78. The molecule has 1 aromatic carbocycles. The van der Waals surface area contributed by atoms with E-state index in [1.165, 1.54) is 28.9 Å². The summed E-state index contributed by atoms with van der Waals surface area (Å²) in [7, 11) is 0. The molecule has 4 rings (SSSR count). The fourth-order valence-corrected chi connectivity index (χ4v) is 4.11. The number of aryl methyl sites for hydroxylation is 1. The molecule has 6 heteroatoms. The van der Waals surface area contributed by atoms with Crippen LogP contribution in [-0.2, 0) is 11.2 Å². The highest BCUT2D eigenvalue weighted by Crippen LogP contribution is 2.40. The number of para-hydroxylation sites is 1. The van der Waals surface area contributed by atoms with E-state index in [1.807, 2.05) is 18.2 Å². The van der Waals surface area contributed by atoms with Crippen molar-refractivity contribution in [2.45, 2.75) is 31.6 Å². The van der Waals surface area contributed by atoms with Crippen LogP contribution in [0, 0.1) is 0 Å². The maximum absolute atomic E-state index is 12.0. The van der Waals surface area contributed by atoms with Crippen molar-refractivity contribution in [3.8, 4) is 0 Å². The first-order chi connectivity index (χ1) is 10.8. The molecular formula is C16H15N3OS2. The van der Waals surface area contributed by atoms with E-state index in [0.717, 1.165) is 21.3 Å². The summed E-state index contributed by atoms with van der Waals surface area (Å²) in [6.07, 6.45) is 3.58. The highest BCUT2D eigenvalue weighted by molar-refractivity contribution is 7.18. The number of aromatic nitrogens is 2. The number of benzene rings is 1. The Kier molecular flexibility index (Phi) is 3.63. The SMILES string of the molecule is O=C(CCc1nc2ccccc2s1)Nc1nc(C2CC2)cs1. The van der Waals surface area contributed by atoms with E-state index >= 15 is 0 Å². The van der Waals surface area contributed by atoms with E-state index in [0.29, 0.717) is 18.8 Å². The van der Waals surface area contributed by atoms with Gasteiger partial charge < -0.3 is 5.32 Å². The van der Waals surface area contributed by atoms with Gasteiger partial charge in [0, 0.05) is 24.1 Å². The molecule has 1 fully saturated rings. The summed E-state index contributed by atoms with van der Waals surface area (Å²) < 4.78 is 1.17. The number of carbonyl (C=O) groups excluding carboxylic acids is 1. The minimum atomic E-state index is 0.0101. The predicted molar refractivity (Wildman–Crippen MR) is 90.7 cm³/mol. The van der Waals surface area contributed by atoms with Gasteiger partial charge in [-0.3, -0.25) is 4.79 Å². The zero-order chi connectivity index (χ0) is 14.9. The normalized spacial score (nSPS) is 14.4. The maximum Gasteiger partial charge on any atom is 0.226 e. The van der Waals surface area contributed by atoms with Gasteiger partial charge in [0.1, 0.15) is 0 Å². The molecule has 0 unspecified atom stereocenters. The van der Waals surface area contributed by atoms with Gasteiger partial charge in [0.15, 0.2) is 5.13 Å². The second-order valence-corrected chi connectivity index (χ2v) is 7.45. The zero-order valence-electron chi connectivity index (χ0n) is 11.9. The average Bonchev–Trinajstić information content (AvgIpc) is 3.12. The molecule has 0 radical (unpaired) electrons. The molecule has 0 spiro atoms. The quantitative estimate of drug-likeness (QED) is 0.763. The van der Waals surface area contributed by atoms with Crippen LogP contribution >= 0.6 is 22.7 Å². The number of rotatable bonds is 5. The van der Waals surface area contributed by atoms with Gasteiger partial charge in [-0.25, -0.2) is 9.97 Å². The van der Waals surface area contributed by atoms with Gasteiger partial charge in [-0.05, 0) is 25.0 Å². The Balaban J connectivity index is 1.35. The van der Waals surface area contributed by atoms with Crippen molar-refractivity contribution in [2.75, 3.05) is 5.32 Å². The van der Waals surface area contributed by atoms with Gasteiger partial charge in [-0.1, -0.05) is 12.1 Å². The molecule has 1 aliphatic rings. The van der Waals surface area contributed by atoms with Crippen LogP contribution < -0.4 is 5.32 Å². The number of anilines is 1. The Morgan fingerprint density at radius 1 is 1.27 bits per heavy atom. The van der Waals surface area contributed by atoms with Crippen LogP contribution in [-0.4, -0.2) is 15.9 Å². The van der Waals surface area contributed by atoms with Crippen LogP contribution in [0.5, 0.6) is 0 Å². The van der Waals surface area contributed by atoms with E-state index in [2.05, 4.69) is 26.7 Å². The third-order valence-corrected chi connectivity index (χ3v) is 5.54. The number of nitrogens with zero attached hydrogens (tertiary/aromatic N) is 2. The largest absolute Gasteiger partial charge is 0.302 e. The molecule has 3 aromatic rings. The van der Waals surface area contributed by atoms with Crippen molar-refractivity contribution in [1.29, 1.82) is 0 Å². The lowest BCUT2D eigenvalue weighted by Gasteiger charge is -1.99. The average molecular weight is 329 g/mol. The lowest BCUT2D eigenvalue weighted by Crippen LogP contribution is -2.12. The van der Waals surface area contributed by atoms with Crippen LogP contribution in [0.1, 0.15) is 35.9 Å². The predicted octanol–water partition coefficient (Wildman–Crippen LogP) is 4.20. The minimum absolute atomic E-state index is 0.0101. The molecule has 4 nitrogen and oxygen atoms in total. The summed E-state index contributed by atoms with van der Waals surface area (Å²) in [6, 6.07) is 8.06. The Bertz CT molecular complexity index is 787. The van der Waals surface area contributed by atoms with Gasteiger partial charge in [0.05, 0.1) is 20.9 Å². The summed E-state index contributed by atoms with van der Waals surface area (Å²) in [5.41, 5.74) is 2.14. The van der Waals surface area contributed by atoms with E-state index in [4.69, 9.17) is 0 Å². The third kappa shape index (κ3) is 3.03. The molecule has 0 saturated heterocycles. The van der Waals surface area contributed by atoms with Gasteiger partial charge in [0.2, 0.25) is 5.91 Å². The minimum Gasteiger partial charge on any atom is -0.302 e. The van der Waals surface area contributed by atoms with E-state index in [1.54, 1.807) is 11.3 Å². The Morgan fingerprint density at radius 3 is 2.95 bits per heavy atom. The molecular weight excluding hydrogens is 314 g/mol. The molecule has 22 heavy (non-hydrogen) atoms. The van der Waals surface area contributed by atoms with E-state index in [-0.39, 0.29) is 5.91 Å². The van der Waals surface area contributed by atoms with Crippen molar-refractivity contribution in [1.82, 2.24) is 9.97 Å². The molecule has 0 atom stereocenters. The number of hydrogen-bond acceptors (Lipinski definition) is 5. The van der Waals surface area contributed by atoms with Gasteiger partial charge in [-0.15, -0.1) is 22.7 Å². The summed E-state index contributed by atoms with van der Waals surface area (Å²) in [5.74, 6) is 0.639. The van der Waals surface area contributed by atoms with Crippen LogP contribution in [0.15, 0.2) is 29.6 Å². The van der Waals surface area contributed by atoms with E-state index < -0.39 is 0 Å². The Morgan fingerprint density at radius 2 is 2.14 bits per heavy atom. The number of fused-ring (bicyclic) bond motifs is 1. The molecule has 0 bridgehead atoms. The first-order valence-corrected chi connectivity index (χ1v) is 9.07. The molecule has 1 N–H and O–H groups in total. The smallest absolute Gasteiger partial charge is 0.226 e. The van der Waals surface area contributed by atoms with Crippen LogP contribution in [0.25, 0.3) is 10.2 Å². The van der Waals surface area contributed by atoms with Gasteiger partial charge in [0.25, 0.3) is 0 Å². The van der Waals surface area contributed by atoms with Crippen molar-refractivity contribution in [3.63, 3.8) is 0 Å². The zero-order valence-corrected chi connectivity index (χ0v) is 13.5. The number of nitrogens with one attached hydrogen (secondary N) is 1. The van der Waals surface area contributed by atoms with Crippen molar-refractivity contribution < 1.29 is 4.79 Å². The Labute approximate surface area is 136 Å². The number of carbonyl (C=O) groups is 1. The fraction of sp³-hybridized carbons (Fsp3) is 0.312. The highest BCUT2D eigenvalue weighted by Gasteiger charge is 2.26. The van der Waals surface area contributed by atoms with Crippen LogP contribution in [0.4, 0.5) is 5.13 Å². The van der Waals surface area contributed by atoms with Gasteiger partial charge in [-0.2, -0.15) is 0 Å². The van der Waals surface area contributed by atoms with Crippen LogP contribution in [0.2, 0.25) is 0 Å². The van der Waals surface area contributed by atoms with Crippen molar-refractivity contribution >= 4 is 43.9 Å². The molecule has 2 aromatic heterocycles. The topological polar surface area (TPSA) is 54.9 Å². The summed E-state index contributed by atoms with van der Waals surface area (Å²) in [5, 5.41) is 6.68. The standard InChI is InChI=1S/C16H15N3OS2/c20-14(19-16-18-12(9-21-16)10-5-6-10)7-8-15-17-11-3-1-2-4-13(11)22-15/h1-4,9-10H,5-8H2,(H,18,19,20). The monoisotopic (exact) mass is 329 g/mol. The second-order valence-electron chi connectivity index (χ2n) is 5.48. The van der Waals surface area contributed by atoms with Crippen molar-refractivity contribution in [2.24, 2.45) is 0 Å². The lowest BCUT2D eigenvalue weighted by molar-refractivity contribution is -0.116. The van der Waals surface area contributed by atoms with Gasteiger partial charge >= 0.3 is 0 Å². The number of amides is 1.